The van der Waals surface area contributed by atoms with Crippen molar-refractivity contribution >= 4 is 40.1 Å². The fourth-order valence-corrected chi connectivity index (χ4v) is 6.98. The van der Waals surface area contributed by atoms with Gasteiger partial charge < -0.3 is 27.2 Å². The molecule has 0 saturated carbocycles. The van der Waals surface area contributed by atoms with Crippen molar-refractivity contribution in [1.82, 2.24) is 30.3 Å². The van der Waals surface area contributed by atoms with Gasteiger partial charge in [-0.05, 0) is 43.9 Å². The fraction of sp³-hybridized carbons (Fsp3) is 0.393. The standard InChI is InChI=1S/C28H38ClN15O3S/c1-17-7-9-19(10-8-17)48(47)44(33)20(15-18-5-3-2-4-6-18)26(46)42-13-11-28(12-14-42)16-43(32)27(37-28)36-25(45)21-23(38-40-30)35-24(39-41-31)22(29)34-21/h2-10,20,23,27,35,37H,11-16,32-33H2,1H3,(H2,30,38)(H2,31,39)(H,36,45)/t20-,23?,27?,48?/m0/s1. The van der Waals surface area contributed by atoms with Crippen LogP contribution in [0.5, 0.6) is 0 Å². The summed E-state index contributed by atoms with van der Waals surface area (Å²) >= 11 is 6.13. The van der Waals surface area contributed by atoms with Crippen LogP contribution < -0.4 is 39.3 Å². The largest absolute Gasteiger partial charge is 0.341 e. The number of hydrogen-bond acceptors (Lipinski definition) is 13. The molecule has 20 heteroatoms. The molecule has 0 bridgehead atoms. The number of hydrazine groups is 2. The number of aryl methyl sites for hydroxylation is 1. The summed E-state index contributed by atoms with van der Waals surface area (Å²) in [4.78, 5) is 33.6. The lowest BCUT2D eigenvalue weighted by Crippen LogP contribution is -2.60. The van der Waals surface area contributed by atoms with Gasteiger partial charge in [0.05, 0.1) is 4.90 Å². The Morgan fingerprint density at radius 2 is 1.83 bits per heavy atom. The minimum atomic E-state index is -1.77. The van der Waals surface area contributed by atoms with E-state index in [0.717, 1.165) is 15.5 Å². The van der Waals surface area contributed by atoms with Gasteiger partial charge in [-0.2, -0.15) is 0 Å². The number of rotatable bonds is 10. The summed E-state index contributed by atoms with van der Waals surface area (Å²) in [6, 6.07) is 15.8. The molecule has 4 atom stereocenters. The van der Waals surface area contributed by atoms with E-state index in [1.165, 1.54) is 5.01 Å². The molecule has 48 heavy (non-hydrogen) atoms. The minimum Gasteiger partial charge on any atom is -0.341 e. The second-order valence-corrected chi connectivity index (χ2v) is 13.3. The molecule has 0 aromatic heterocycles. The number of carbonyl (C=O) groups is 2. The molecule has 2 amide bonds. The van der Waals surface area contributed by atoms with Crippen LogP contribution in [-0.4, -0.2) is 79.7 Å². The molecular formula is C28H38ClN15O3S. The Balaban J connectivity index is 1.26. The number of nitrogens with two attached hydrogens (primary N) is 4. The summed E-state index contributed by atoms with van der Waals surface area (Å²) in [5.74, 6) is 22.2. The van der Waals surface area contributed by atoms with Gasteiger partial charge in [-0.1, -0.05) is 70.1 Å². The predicted molar refractivity (Wildman–Crippen MR) is 177 cm³/mol. The molecule has 256 valence electrons. The average Bonchev–Trinajstić information content (AvgIpc) is 3.38. The van der Waals surface area contributed by atoms with E-state index in [1.54, 1.807) is 17.0 Å². The van der Waals surface area contributed by atoms with Crippen LogP contribution in [0.3, 0.4) is 0 Å². The summed E-state index contributed by atoms with van der Waals surface area (Å²) in [5, 5.41) is 24.0. The number of aliphatic imine (C=N–C) groups is 1. The highest BCUT2D eigenvalue weighted by Gasteiger charge is 2.47. The quantitative estimate of drug-likeness (QED) is 0.0739. The van der Waals surface area contributed by atoms with E-state index in [2.05, 4.69) is 41.6 Å². The highest BCUT2D eigenvalue weighted by atomic mass is 35.5. The number of amides is 2. The van der Waals surface area contributed by atoms with Crippen molar-refractivity contribution in [2.75, 3.05) is 19.6 Å². The second-order valence-electron chi connectivity index (χ2n) is 11.6. The van der Waals surface area contributed by atoms with Gasteiger partial charge in [-0.3, -0.25) is 26.6 Å². The van der Waals surface area contributed by atoms with E-state index < -0.39 is 40.9 Å². The Morgan fingerprint density at radius 1 is 1.15 bits per heavy atom. The molecular weight excluding hydrogens is 662 g/mol. The molecule has 0 radical (unpaired) electrons. The molecule has 3 aliphatic rings. The number of carbonyl (C=O) groups excluding carboxylic acids is 2. The van der Waals surface area contributed by atoms with Crippen LogP contribution in [0.15, 0.2) is 96.1 Å². The Morgan fingerprint density at radius 3 is 2.48 bits per heavy atom. The van der Waals surface area contributed by atoms with Crippen molar-refractivity contribution in [3.63, 3.8) is 0 Å². The second kappa shape index (κ2) is 15.2. The summed E-state index contributed by atoms with van der Waals surface area (Å²) in [6.45, 7) is 3.08. The normalized spacial score (nSPS) is 22.7. The van der Waals surface area contributed by atoms with Crippen molar-refractivity contribution in [3.05, 3.63) is 76.7 Å². The van der Waals surface area contributed by atoms with Crippen LogP contribution in [0.2, 0.25) is 0 Å². The van der Waals surface area contributed by atoms with E-state index in [4.69, 9.17) is 35.0 Å². The van der Waals surface area contributed by atoms with Gasteiger partial charge in [0.2, 0.25) is 5.91 Å². The van der Waals surface area contributed by atoms with Gasteiger partial charge in [0.15, 0.2) is 22.9 Å². The highest BCUT2D eigenvalue weighted by Crippen LogP contribution is 2.29. The molecule has 0 aliphatic carbocycles. The third kappa shape index (κ3) is 7.84. The van der Waals surface area contributed by atoms with E-state index in [0.29, 0.717) is 37.4 Å². The molecule has 3 heterocycles. The first kappa shape index (κ1) is 35.0. The van der Waals surface area contributed by atoms with Crippen LogP contribution in [-0.2, 0) is 27.0 Å². The first-order chi connectivity index (χ1) is 23.0. The SMILES string of the molecule is Cc1ccc(S(=O)N(N)[C@@H](Cc2ccccc2)C(=O)N2CCC3(CC2)CN(N)C(NC(=O)C2=NC(Cl)=C(N=NN)NC2N=NN)N3)cc1. The lowest BCUT2D eigenvalue weighted by molar-refractivity contribution is -0.137. The van der Waals surface area contributed by atoms with E-state index in [9.17, 15) is 13.8 Å². The maximum absolute atomic E-state index is 14.0. The molecule has 18 nitrogen and oxygen atoms in total. The Kier molecular flexibility index (Phi) is 11.1. The summed E-state index contributed by atoms with van der Waals surface area (Å²) in [6.07, 6.45) is -0.570. The summed E-state index contributed by atoms with van der Waals surface area (Å²) in [5.41, 5.74) is 1.26. The molecule has 2 aromatic carbocycles. The highest BCUT2D eigenvalue weighted by molar-refractivity contribution is 7.82. The molecule has 2 saturated heterocycles. The molecule has 11 N–H and O–H groups in total. The number of halogens is 1. The van der Waals surface area contributed by atoms with E-state index in [1.807, 2.05) is 49.4 Å². The van der Waals surface area contributed by atoms with Crippen LogP contribution in [0.1, 0.15) is 24.0 Å². The van der Waals surface area contributed by atoms with Crippen LogP contribution in [0.4, 0.5) is 0 Å². The number of nitrogens with one attached hydrogen (secondary N) is 3. The van der Waals surface area contributed by atoms with Crippen molar-refractivity contribution in [2.24, 2.45) is 49.0 Å². The van der Waals surface area contributed by atoms with Crippen LogP contribution in [0.25, 0.3) is 0 Å². The monoisotopic (exact) mass is 699 g/mol. The van der Waals surface area contributed by atoms with Crippen molar-refractivity contribution in [3.8, 4) is 0 Å². The molecule has 2 fully saturated rings. The third-order valence-electron chi connectivity index (χ3n) is 8.36. The van der Waals surface area contributed by atoms with Gasteiger partial charge in [-0.15, -0.1) is 14.6 Å². The first-order valence-electron chi connectivity index (χ1n) is 14.9. The summed E-state index contributed by atoms with van der Waals surface area (Å²) in [7, 11) is -1.77. The maximum atomic E-state index is 14.0. The summed E-state index contributed by atoms with van der Waals surface area (Å²) < 4.78 is 14.6. The van der Waals surface area contributed by atoms with Gasteiger partial charge in [0.25, 0.3) is 5.91 Å². The zero-order chi connectivity index (χ0) is 34.4. The van der Waals surface area contributed by atoms with Gasteiger partial charge in [-0.25, -0.2) is 14.2 Å². The van der Waals surface area contributed by atoms with Crippen molar-refractivity contribution < 1.29 is 13.8 Å². The lowest BCUT2D eigenvalue weighted by Gasteiger charge is -2.41. The Labute approximate surface area is 284 Å². The van der Waals surface area contributed by atoms with E-state index >= 15 is 0 Å². The van der Waals surface area contributed by atoms with Crippen molar-refractivity contribution in [2.45, 2.75) is 55.1 Å². The van der Waals surface area contributed by atoms with Crippen LogP contribution in [0, 0.1) is 6.92 Å². The number of nitrogens with zero attached hydrogens (tertiary/aromatic N) is 8. The topological polar surface area (TPSA) is 263 Å². The molecule has 2 aromatic rings. The zero-order valence-corrected chi connectivity index (χ0v) is 27.6. The fourth-order valence-electron chi connectivity index (χ4n) is 5.79. The molecule has 1 spiro atoms. The smallest absolute Gasteiger partial charge is 0.272 e. The van der Waals surface area contributed by atoms with Gasteiger partial charge in [0.1, 0.15) is 23.3 Å². The first-order valence-corrected chi connectivity index (χ1v) is 16.4. The van der Waals surface area contributed by atoms with Crippen LogP contribution >= 0.6 is 11.6 Å². The maximum Gasteiger partial charge on any atom is 0.272 e. The average molecular weight is 700 g/mol. The Bertz CT molecular complexity index is 1630. The van der Waals surface area contributed by atoms with Crippen molar-refractivity contribution in [1.29, 1.82) is 0 Å². The predicted octanol–water partition coefficient (Wildman–Crippen LogP) is -0.268. The number of benzene rings is 2. The molecule has 3 aliphatic heterocycles. The lowest BCUT2D eigenvalue weighted by atomic mass is 9.88. The number of likely N-dealkylation sites (tertiary alicyclic amines) is 1. The number of hydrogen-bond donors (Lipinski definition) is 7. The molecule has 3 unspecified atom stereocenters. The zero-order valence-electron chi connectivity index (χ0n) is 26.1. The van der Waals surface area contributed by atoms with E-state index in [-0.39, 0.29) is 29.0 Å². The van der Waals surface area contributed by atoms with Gasteiger partial charge in [0, 0.05) is 25.2 Å². The minimum absolute atomic E-state index is 0.0158. The van der Waals surface area contributed by atoms with Gasteiger partial charge >= 0.3 is 0 Å². The Hall–Kier alpha value is -4.37. The third-order valence-corrected chi connectivity index (χ3v) is 9.93. The molecule has 5 rings (SSSR count). The number of piperidine rings is 1.